The van der Waals surface area contributed by atoms with E-state index in [-0.39, 0.29) is 0 Å². The summed E-state index contributed by atoms with van der Waals surface area (Å²) in [5, 5.41) is 10.3. The van der Waals surface area contributed by atoms with Crippen LogP contribution in [-0.2, 0) is 0 Å². The quantitative estimate of drug-likeness (QED) is 0.654. The zero-order chi connectivity index (χ0) is 18.7. The summed E-state index contributed by atoms with van der Waals surface area (Å²) in [5.41, 5.74) is 3.04. The van der Waals surface area contributed by atoms with Crippen molar-refractivity contribution in [1.82, 2.24) is 10.2 Å². The van der Waals surface area contributed by atoms with Gasteiger partial charge < -0.3 is 19.1 Å². The second-order valence-electron chi connectivity index (χ2n) is 5.77. The van der Waals surface area contributed by atoms with Crippen molar-refractivity contribution in [3.63, 3.8) is 0 Å². The second-order valence-corrected chi connectivity index (χ2v) is 6.75. The van der Waals surface area contributed by atoms with E-state index < -0.39 is 0 Å². The third kappa shape index (κ3) is 3.43. The van der Waals surface area contributed by atoms with Crippen LogP contribution in [0, 0.1) is 0 Å². The molecule has 0 aliphatic heterocycles. The highest BCUT2D eigenvalue weighted by Gasteiger charge is 2.17. The molecule has 26 heavy (non-hydrogen) atoms. The fourth-order valence-corrected chi connectivity index (χ4v) is 3.40. The molecule has 3 aromatic rings. The SMILES string of the molecule is COc1cc(-c2nnc(-c3ccc(N(C)C)cc3)s2)cc(OC)c1OC. The Hall–Kier alpha value is -2.80. The second kappa shape index (κ2) is 7.61. The zero-order valence-electron chi connectivity index (χ0n) is 15.4. The molecule has 0 amide bonds. The Labute approximate surface area is 157 Å². The summed E-state index contributed by atoms with van der Waals surface area (Å²) in [6.07, 6.45) is 0. The number of hydrogen-bond donors (Lipinski definition) is 0. The third-order valence-corrected chi connectivity index (χ3v) is 4.99. The smallest absolute Gasteiger partial charge is 0.203 e. The van der Waals surface area contributed by atoms with E-state index in [4.69, 9.17) is 14.2 Å². The summed E-state index contributed by atoms with van der Waals surface area (Å²) in [6.45, 7) is 0. The van der Waals surface area contributed by atoms with Gasteiger partial charge in [0, 0.05) is 30.9 Å². The highest BCUT2D eigenvalue weighted by Crippen LogP contribution is 2.42. The van der Waals surface area contributed by atoms with Gasteiger partial charge in [-0.15, -0.1) is 10.2 Å². The van der Waals surface area contributed by atoms with Gasteiger partial charge in [-0.2, -0.15) is 0 Å². The first kappa shape index (κ1) is 18.0. The number of aromatic nitrogens is 2. The van der Waals surface area contributed by atoms with Crippen LogP contribution in [0.25, 0.3) is 21.1 Å². The summed E-state index contributed by atoms with van der Waals surface area (Å²) in [7, 11) is 8.81. The van der Waals surface area contributed by atoms with Crippen LogP contribution in [-0.4, -0.2) is 45.6 Å². The molecule has 0 radical (unpaired) electrons. The average molecular weight is 371 g/mol. The highest BCUT2D eigenvalue weighted by atomic mass is 32.1. The van der Waals surface area contributed by atoms with Crippen molar-refractivity contribution in [2.45, 2.75) is 0 Å². The molecule has 0 aliphatic rings. The first-order chi connectivity index (χ1) is 12.6. The molecular weight excluding hydrogens is 350 g/mol. The summed E-state index contributed by atoms with van der Waals surface area (Å²) >= 11 is 1.52. The maximum atomic E-state index is 5.41. The molecule has 0 saturated heterocycles. The van der Waals surface area contributed by atoms with Crippen LogP contribution in [0.1, 0.15) is 0 Å². The molecule has 136 valence electrons. The number of methoxy groups -OCH3 is 3. The van der Waals surface area contributed by atoms with Gasteiger partial charge in [-0.05, 0) is 36.4 Å². The number of nitrogens with zero attached hydrogens (tertiary/aromatic N) is 3. The number of hydrogen-bond acceptors (Lipinski definition) is 7. The van der Waals surface area contributed by atoms with Gasteiger partial charge in [0.15, 0.2) is 11.5 Å². The van der Waals surface area contributed by atoms with Crippen molar-refractivity contribution in [1.29, 1.82) is 0 Å². The molecule has 0 N–H and O–H groups in total. The molecule has 7 heteroatoms. The van der Waals surface area contributed by atoms with Crippen molar-refractivity contribution >= 4 is 17.0 Å². The van der Waals surface area contributed by atoms with Crippen LogP contribution >= 0.6 is 11.3 Å². The lowest BCUT2D eigenvalue weighted by Gasteiger charge is -2.13. The minimum absolute atomic E-state index is 0.558. The Morgan fingerprint density at radius 3 is 1.77 bits per heavy atom. The predicted molar refractivity (Wildman–Crippen MR) is 105 cm³/mol. The Morgan fingerprint density at radius 1 is 0.769 bits per heavy atom. The highest BCUT2D eigenvalue weighted by molar-refractivity contribution is 7.17. The monoisotopic (exact) mass is 371 g/mol. The molecule has 0 saturated carbocycles. The molecule has 0 aliphatic carbocycles. The topological polar surface area (TPSA) is 56.7 Å². The fraction of sp³-hybridized carbons (Fsp3) is 0.263. The molecule has 0 bridgehead atoms. The van der Waals surface area contributed by atoms with Gasteiger partial charge in [0.2, 0.25) is 5.75 Å². The summed E-state index contributed by atoms with van der Waals surface area (Å²) < 4.78 is 16.2. The summed E-state index contributed by atoms with van der Waals surface area (Å²) in [5.74, 6) is 1.74. The Morgan fingerprint density at radius 2 is 1.31 bits per heavy atom. The van der Waals surface area contributed by atoms with Crippen LogP contribution in [0.4, 0.5) is 5.69 Å². The zero-order valence-corrected chi connectivity index (χ0v) is 16.3. The van der Waals surface area contributed by atoms with Gasteiger partial charge in [-0.25, -0.2) is 0 Å². The Bertz CT molecular complexity index is 866. The Balaban J connectivity index is 1.97. The van der Waals surface area contributed by atoms with Crippen LogP contribution < -0.4 is 19.1 Å². The average Bonchev–Trinajstić information content (AvgIpc) is 3.17. The minimum atomic E-state index is 0.558. The van der Waals surface area contributed by atoms with Crippen molar-refractivity contribution in [2.24, 2.45) is 0 Å². The third-order valence-electron chi connectivity index (χ3n) is 3.97. The first-order valence-corrected chi connectivity index (χ1v) is 8.80. The van der Waals surface area contributed by atoms with Crippen molar-refractivity contribution in [2.75, 3.05) is 40.3 Å². The number of anilines is 1. The molecule has 6 nitrogen and oxygen atoms in total. The molecule has 0 atom stereocenters. The van der Waals surface area contributed by atoms with E-state index in [0.29, 0.717) is 17.2 Å². The normalized spacial score (nSPS) is 10.5. The molecule has 1 heterocycles. The Kier molecular flexibility index (Phi) is 5.27. The van der Waals surface area contributed by atoms with E-state index in [1.54, 1.807) is 21.3 Å². The largest absolute Gasteiger partial charge is 0.493 e. The van der Waals surface area contributed by atoms with Crippen molar-refractivity contribution < 1.29 is 14.2 Å². The molecule has 0 unspecified atom stereocenters. The van der Waals surface area contributed by atoms with E-state index in [0.717, 1.165) is 26.8 Å². The molecule has 3 rings (SSSR count). The summed E-state index contributed by atoms with van der Waals surface area (Å²) in [6, 6.07) is 12.0. The van der Waals surface area contributed by atoms with E-state index in [9.17, 15) is 0 Å². The van der Waals surface area contributed by atoms with Gasteiger partial charge in [0.05, 0.1) is 21.3 Å². The van der Waals surface area contributed by atoms with Gasteiger partial charge in [-0.1, -0.05) is 11.3 Å². The number of rotatable bonds is 6. The standard InChI is InChI=1S/C19H21N3O3S/c1-22(2)14-8-6-12(7-9-14)18-20-21-19(26-18)13-10-15(23-3)17(25-5)16(11-13)24-4/h6-11H,1-5H3. The van der Waals surface area contributed by atoms with E-state index in [1.165, 1.54) is 11.3 Å². The van der Waals surface area contributed by atoms with E-state index in [1.807, 2.05) is 26.2 Å². The van der Waals surface area contributed by atoms with E-state index in [2.05, 4.69) is 39.4 Å². The van der Waals surface area contributed by atoms with Gasteiger partial charge in [0.25, 0.3) is 0 Å². The lowest BCUT2D eigenvalue weighted by Crippen LogP contribution is -2.07. The maximum absolute atomic E-state index is 5.41. The van der Waals surface area contributed by atoms with Crippen molar-refractivity contribution in [3.05, 3.63) is 36.4 Å². The molecule has 0 spiro atoms. The summed E-state index contributed by atoms with van der Waals surface area (Å²) in [4.78, 5) is 2.06. The molecule has 2 aromatic carbocycles. The lowest BCUT2D eigenvalue weighted by molar-refractivity contribution is 0.324. The molecular formula is C19H21N3O3S. The van der Waals surface area contributed by atoms with Crippen LogP contribution in [0.2, 0.25) is 0 Å². The lowest BCUT2D eigenvalue weighted by atomic mass is 10.2. The first-order valence-electron chi connectivity index (χ1n) is 7.99. The minimum Gasteiger partial charge on any atom is -0.493 e. The number of benzene rings is 2. The van der Waals surface area contributed by atoms with Crippen LogP contribution in [0.15, 0.2) is 36.4 Å². The van der Waals surface area contributed by atoms with Gasteiger partial charge in [-0.3, -0.25) is 0 Å². The fourth-order valence-electron chi connectivity index (χ4n) is 2.56. The van der Waals surface area contributed by atoms with E-state index >= 15 is 0 Å². The predicted octanol–water partition coefficient (Wildman–Crippen LogP) is 3.96. The maximum Gasteiger partial charge on any atom is 0.203 e. The molecule has 0 fully saturated rings. The van der Waals surface area contributed by atoms with Crippen LogP contribution in [0.5, 0.6) is 17.2 Å². The van der Waals surface area contributed by atoms with Crippen LogP contribution in [0.3, 0.4) is 0 Å². The van der Waals surface area contributed by atoms with Gasteiger partial charge >= 0.3 is 0 Å². The van der Waals surface area contributed by atoms with Gasteiger partial charge in [0.1, 0.15) is 10.0 Å². The number of ether oxygens (including phenoxy) is 3. The molecule has 1 aromatic heterocycles. The van der Waals surface area contributed by atoms with Crippen molar-refractivity contribution in [3.8, 4) is 38.4 Å².